The topological polar surface area (TPSA) is 78.5 Å². The Labute approximate surface area is 171 Å². The molecule has 0 saturated carbocycles. The summed E-state index contributed by atoms with van der Waals surface area (Å²) >= 11 is 0. The number of unbranched alkanes of at least 4 members (excludes halogenated alkanes) is 1. The Bertz CT molecular complexity index is 893. The Kier molecular flexibility index (Phi) is 6.65. The minimum atomic E-state index is -0.319. The lowest BCUT2D eigenvalue weighted by molar-refractivity contribution is 0.0636. The van der Waals surface area contributed by atoms with Gasteiger partial charge in [0.2, 0.25) is 0 Å². The van der Waals surface area contributed by atoms with Crippen molar-refractivity contribution < 1.29 is 14.4 Å². The summed E-state index contributed by atoms with van der Waals surface area (Å²) in [5.74, 6) is -0.376. The van der Waals surface area contributed by atoms with Gasteiger partial charge in [-0.3, -0.25) is 14.5 Å². The van der Waals surface area contributed by atoms with Gasteiger partial charge in [-0.15, -0.1) is 0 Å². The molecule has 0 fully saturated rings. The Morgan fingerprint density at radius 3 is 2.41 bits per heavy atom. The quantitative estimate of drug-likeness (QED) is 0.524. The summed E-state index contributed by atoms with van der Waals surface area (Å²) in [5.41, 5.74) is 2.53. The molecule has 2 aromatic rings. The van der Waals surface area contributed by atoms with E-state index in [9.17, 15) is 14.4 Å². The van der Waals surface area contributed by atoms with Crippen molar-refractivity contribution in [3.05, 3.63) is 65.2 Å². The molecule has 0 spiro atoms. The van der Waals surface area contributed by atoms with Gasteiger partial charge in [0, 0.05) is 18.8 Å². The minimum Gasteiger partial charge on any atom is -0.338 e. The lowest BCUT2D eigenvalue weighted by Crippen LogP contribution is -2.33. The van der Waals surface area contributed by atoms with Gasteiger partial charge in [0.1, 0.15) is 0 Å². The third-order valence-corrected chi connectivity index (χ3v) is 4.80. The summed E-state index contributed by atoms with van der Waals surface area (Å²) in [6.07, 6.45) is 2.85. The highest BCUT2D eigenvalue weighted by Crippen LogP contribution is 2.26. The highest BCUT2D eigenvalue weighted by molar-refractivity contribution is 6.21. The number of urea groups is 1. The number of anilines is 1. The van der Waals surface area contributed by atoms with Gasteiger partial charge in [-0.25, -0.2) is 4.79 Å². The van der Waals surface area contributed by atoms with Crippen LogP contribution in [0.1, 0.15) is 53.0 Å². The van der Waals surface area contributed by atoms with E-state index in [1.165, 1.54) is 10.5 Å². The molecule has 6 heteroatoms. The van der Waals surface area contributed by atoms with Gasteiger partial charge < -0.3 is 10.6 Å². The van der Waals surface area contributed by atoms with Crippen LogP contribution in [0.5, 0.6) is 0 Å². The number of amides is 4. The van der Waals surface area contributed by atoms with Gasteiger partial charge in [0.25, 0.3) is 11.8 Å². The van der Waals surface area contributed by atoms with Crippen LogP contribution in [0.15, 0.2) is 48.5 Å². The molecule has 2 aromatic carbocycles. The normalized spacial score (nSPS) is 13.0. The summed E-state index contributed by atoms with van der Waals surface area (Å²) in [6.45, 7) is 4.88. The second-order valence-corrected chi connectivity index (χ2v) is 7.70. The van der Waals surface area contributed by atoms with E-state index in [0.29, 0.717) is 29.9 Å². The van der Waals surface area contributed by atoms with Crippen LogP contribution in [0.4, 0.5) is 10.5 Å². The Balaban J connectivity index is 1.48. The van der Waals surface area contributed by atoms with Crippen LogP contribution in [-0.4, -0.2) is 35.8 Å². The van der Waals surface area contributed by atoms with E-state index < -0.39 is 0 Å². The number of fused-ring (bicyclic) bond motifs is 1. The molecule has 29 heavy (non-hydrogen) atoms. The van der Waals surface area contributed by atoms with Gasteiger partial charge >= 0.3 is 6.03 Å². The number of imide groups is 1. The smallest absolute Gasteiger partial charge is 0.319 e. The molecule has 152 valence electrons. The van der Waals surface area contributed by atoms with Crippen LogP contribution in [0.25, 0.3) is 0 Å². The van der Waals surface area contributed by atoms with Crippen molar-refractivity contribution in [2.24, 2.45) is 5.92 Å². The lowest BCUT2D eigenvalue weighted by Gasteiger charge is -2.15. The first-order chi connectivity index (χ1) is 14.0. The zero-order valence-electron chi connectivity index (χ0n) is 16.9. The summed E-state index contributed by atoms with van der Waals surface area (Å²) in [7, 11) is 0. The van der Waals surface area contributed by atoms with Crippen molar-refractivity contribution in [2.75, 3.05) is 18.4 Å². The number of nitrogens with one attached hydrogen (secondary N) is 2. The number of aryl methyl sites for hydroxylation is 1. The molecule has 0 aromatic heterocycles. The van der Waals surface area contributed by atoms with E-state index >= 15 is 0 Å². The van der Waals surface area contributed by atoms with Crippen molar-refractivity contribution in [1.29, 1.82) is 0 Å². The average molecular weight is 393 g/mol. The molecule has 3 rings (SSSR count). The van der Waals surface area contributed by atoms with E-state index in [0.717, 1.165) is 19.3 Å². The Hall–Kier alpha value is -3.15. The van der Waals surface area contributed by atoms with E-state index in [1.807, 2.05) is 32.0 Å². The molecule has 0 aliphatic carbocycles. The molecule has 0 unspecified atom stereocenters. The third kappa shape index (κ3) is 5.22. The molecule has 0 saturated heterocycles. The first-order valence-corrected chi connectivity index (χ1v) is 10.0. The average Bonchev–Trinajstić information content (AvgIpc) is 2.92. The maximum atomic E-state index is 12.5. The van der Waals surface area contributed by atoms with E-state index in [4.69, 9.17) is 0 Å². The fourth-order valence-electron chi connectivity index (χ4n) is 3.38. The molecule has 0 atom stereocenters. The molecular formula is C23H27N3O3. The number of carbonyl (C=O) groups excluding carboxylic acids is 3. The maximum absolute atomic E-state index is 12.5. The molecule has 6 nitrogen and oxygen atoms in total. The number of benzene rings is 2. The predicted octanol–water partition coefficient (Wildman–Crippen LogP) is 4.08. The van der Waals surface area contributed by atoms with E-state index in [-0.39, 0.29) is 23.8 Å². The molecule has 0 bridgehead atoms. The van der Waals surface area contributed by atoms with Crippen LogP contribution < -0.4 is 10.6 Å². The number of hydrogen-bond acceptors (Lipinski definition) is 3. The number of hydrogen-bond donors (Lipinski definition) is 2. The zero-order valence-corrected chi connectivity index (χ0v) is 16.9. The van der Waals surface area contributed by atoms with Crippen LogP contribution in [0.3, 0.4) is 0 Å². The predicted molar refractivity (Wildman–Crippen MR) is 113 cm³/mol. The van der Waals surface area contributed by atoms with Gasteiger partial charge in [-0.1, -0.05) is 44.2 Å². The Morgan fingerprint density at radius 1 is 0.966 bits per heavy atom. The van der Waals surface area contributed by atoms with Crippen molar-refractivity contribution in [3.8, 4) is 0 Å². The minimum absolute atomic E-state index is 0.197. The first-order valence-electron chi connectivity index (χ1n) is 10.0. The Morgan fingerprint density at radius 2 is 1.69 bits per heavy atom. The SMILES string of the molecule is CC(C)CN1C(=O)c2ccc(NC(=O)NCCCCc3ccccc3)cc2C1=O. The number of carbonyl (C=O) groups is 3. The van der Waals surface area contributed by atoms with Crippen LogP contribution in [0, 0.1) is 5.92 Å². The third-order valence-electron chi connectivity index (χ3n) is 4.80. The van der Waals surface area contributed by atoms with Crippen molar-refractivity contribution in [1.82, 2.24) is 10.2 Å². The highest BCUT2D eigenvalue weighted by Gasteiger charge is 2.35. The van der Waals surface area contributed by atoms with Gasteiger partial charge in [0.05, 0.1) is 11.1 Å². The van der Waals surface area contributed by atoms with E-state index in [2.05, 4.69) is 22.8 Å². The molecule has 1 heterocycles. The molecule has 0 radical (unpaired) electrons. The summed E-state index contributed by atoms with van der Waals surface area (Å²) in [5, 5.41) is 5.57. The zero-order chi connectivity index (χ0) is 20.8. The summed E-state index contributed by atoms with van der Waals surface area (Å²) in [4.78, 5) is 38.3. The number of rotatable bonds is 8. The monoisotopic (exact) mass is 393 g/mol. The van der Waals surface area contributed by atoms with Crippen molar-refractivity contribution in [2.45, 2.75) is 33.1 Å². The fourth-order valence-corrected chi connectivity index (χ4v) is 3.38. The van der Waals surface area contributed by atoms with Gasteiger partial charge in [-0.05, 0) is 48.9 Å². The number of nitrogens with zero attached hydrogens (tertiary/aromatic N) is 1. The van der Waals surface area contributed by atoms with Crippen LogP contribution in [-0.2, 0) is 6.42 Å². The maximum Gasteiger partial charge on any atom is 0.319 e. The van der Waals surface area contributed by atoms with Gasteiger partial charge in [0.15, 0.2) is 0 Å². The summed E-state index contributed by atoms with van der Waals surface area (Å²) < 4.78 is 0. The van der Waals surface area contributed by atoms with Gasteiger partial charge in [-0.2, -0.15) is 0 Å². The first kappa shape index (κ1) is 20.6. The second kappa shape index (κ2) is 9.37. The van der Waals surface area contributed by atoms with Crippen LogP contribution in [0.2, 0.25) is 0 Å². The molecular weight excluding hydrogens is 366 g/mol. The second-order valence-electron chi connectivity index (χ2n) is 7.70. The van der Waals surface area contributed by atoms with E-state index in [1.54, 1.807) is 18.2 Å². The molecule has 1 aliphatic rings. The van der Waals surface area contributed by atoms with Crippen molar-refractivity contribution >= 4 is 23.5 Å². The molecule has 4 amide bonds. The molecule has 2 N–H and O–H groups in total. The standard InChI is InChI=1S/C23H27N3O3/c1-16(2)15-26-21(27)19-12-11-18(14-20(19)22(26)28)25-23(29)24-13-7-6-10-17-8-4-3-5-9-17/h3-5,8-9,11-12,14,16H,6-7,10,13,15H2,1-2H3,(H2,24,25,29). The van der Waals surface area contributed by atoms with Crippen LogP contribution >= 0.6 is 0 Å². The largest absolute Gasteiger partial charge is 0.338 e. The van der Waals surface area contributed by atoms with Crippen molar-refractivity contribution in [3.63, 3.8) is 0 Å². The summed E-state index contributed by atoms with van der Waals surface area (Å²) in [6, 6.07) is 14.8. The fraction of sp³-hybridized carbons (Fsp3) is 0.348. The molecule has 1 aliphatic heterocycles. The highest BCUT2D eigenvalue weighted by atomic mass is 16.2. The lowest BCUT2D eigenvalue weighted by atomic mass is 10.1.